The molecule has 0 aliphatic heterocycles. The third kappa shape index (κ3) is 4.02. The van der Waals surface area contributed by atoms with Crippen LogP contribution in [0.1, 0.15) is 30.5 Å². The molecule has 1 aliphatic carbocycles. The Hall–Kier alpha value is -1.26. The van der Waals surface area contributed by atoms with Crippen molar-refractivity contribution in [1.82, 2.24) is 4.90 Å². The van der Waals surface area contributed by atoms with E-state index in [1.807, 2.05) is 11.8 Å². The molecule has 1 radical (unpaired) electrons. The van der Waals surface area contributed by atoms with Gasteiger partial charge in [0.05, 0.1) is 0 Å². The Morgan fingerprint density at radius 2 is 1.77 bits per heavy atom. The zero-order valence-corrected chi connectivity index (χ0v) is 18.5. The van der Waals surface area contributed by atoms with Gasteiger partial charge < -0.3 is 21.9 Å². The molecule has 1 aliphatic rings. The second-order valence-electron chi connectivity index (χ2n) is 7.00. The number of hydrogen-bond donors (Lipinski definition) is 0. The molecule has 0 spiro atoms. The zero-order valence-electron chi connectivity index (χ0n) is 15.7. The van der Waals surface area contributed by atoms with Crippen LogP contribution in [0.15, 0.2) is 30.3 Å². The van der Waals surface area contributed by atoms with Gasteiger partial charge in [-0.25, -0.2) is 0 Å². The molecule has 26 heavy (non-hydrogen) atoms. The molecular weight excluding hydrogens is 401 g/mol. The summed E-state index contributed by atoms with van der Waals surface area (Å²) in [5.41, 5.74) is 2.81. The summed E-state index contributed by atoms with van der Waals surface area (Å²) in [6.45, 7) is 9.04. The summed E-state index contributed by atoms with van der Waals surface area (Å²) in [4.78, 5) is 25.6. The molecule has 135 valence electrons. The summed E-state index contributed by atoms with van der Waals surface area (Å²) in [7, 11) is 1.54. The van der Waals surface area contributed by atoms with Crippen LogP contribution in [0.4, 0.5) is 0 Å². The molecule has 0 aromatic heterocycles. The van der Waals surface area contributed by atoms with Crippen LogP contribution in [0.2, 0.25) is 0 Å². The van der Waals surface area contributed by atoms with E-state index in [1.165, 1.54) is 18.2 Å². The van der Waals surface area contributed by atoms with Crippen LogP contribution in [0.3, 0.4) is 0 Å². The van der Waals surface area contributed by atoms with Gasteiger partial charge in [-0.3, -0.25) is 4.79 Å². The van der Waals surface area contributed by atoms with Crippen molar-refractivity contribution in [2.75, 3.05) is 13.6 Å². The van der Waals surface area contributed by atoms with Crippen molar-refractivity contribution in [3.05, 3.63) is 59.3 Å². The van der Waals surface area contributed by atoms with E-state index in [0.29, 0.717) is 25.9 Å². The Morgan fingerprint density at radius 1 is 1.15 bits per heavy atom. The molecule has 1 unspecified atom stereocenters. The van der Waals surface area contributed by atoms with Crippen LogP contribution in [0.5, 0.6) is 0 Å². The first-order valence-corrected chi connectivity index (χ1v) is 8.66. The minimum Gasteiger partial charge on any atom is -0.658 e. The first-order valence-electron chi connectivity index (χ1n) is 8.66. The van der Waals surface area contributed by atoms with Gasteiger partial charge in [0.2, 0.25) is 5.91 Å². The van der Waals surface area contributed by atoms with E-state index < -0.39 is 5.41 Å². The minimum absolute atomic E-state index is 0. The Morgan fingerprint density at radius 3 is 2.31 bits per heavy atom. The van der Waals surface area contributed by atoms with Crippen LogP contribution in [0, 0.1) is 12.3 Å². The maximum absolute atomic E-state index is 12.1. The quantitative estimate of drug-likeness (QED) is 0.703. The largest absolute Gasteiger partial charge is 0.658 e. The summed E-state index contributed by atoms with van der Waals surface area (Å²) in [5.74, 6) is -0.0475. The predicted octanol–water partition coefficient (Wildman–Crippen LogP) is 3.65. The first-order chi connectivity index (χ1) is 11.9. The molecule has 0 bridgehead atoms. The summed E-state index contributed by atoms with van der Waals surface area (Å²) in [6.07, 6.45) is 1.28. The van der Waals surface area contributed by atoms with Crippen molar-refractivity contribution >= 4 is 22.6 Å². The van der Waals surface area contributed by atoms with E-state index in [-0.39, 0.29) is 44.5 Å². The van der Waals surface area contributed by atoms with Crippen LogP contribution in [-0.4, -0.2) is 30.3 Å². The third-order valence-corrected chi connectivity index (χ3v) is 5.14. The maximum Gasteiger partial charge on any atom is 0.219 e. The van der Waals surface area contributed by atoms with Crippen LogP contribution in [-0.2, 0) is 61.7 Å². The van der Waals surface area contributed by atoms with E-state index >= 15 is 0 Å². The van der Waals surface area contributed by atoms with Crippen LogP contribution in [0.25, 0.3) is 16.1 Å². The summed E-state index contributed by atoms with van der Waals surface area (Å²) >= 11 is 0. The Kier molecular flexibility index (Phi) is 6.62. The minimum atomic E-state index is -0.662. The number of rotatable bonds is 4. The standard InChI is InChI=1S/C21H25N2O2.Y/c1-5-23(14(2)24)13-15-6-7-16-9-18-11-21(3,20(25)22-4)12-19(18)10-17(16)8-15;/h6-10H,3,5,11-13H2,1-2,4H3,(H,22,25);/q-1;/p-1. The van der Waals surface area contributed by atoms with Crippen molar-refractivity contribution in [3.63, 3.8) is 0 Å². The average Bonchev–Trinajstić information content (AvgIpc) is 2.92. The van der Waals surface area contributed by atoms with Crippen molar-refractivity contribution < 1.29 is 42.3 Å². The average molecular weight is 425 g/mol. The van der Waals surface area contributed by atoms with E-state index in [9.17, 15) is 9.59 Å². The molecular formula is C21H24N2O2Y-2. The van der Waals surface area contributed by atoms with Gasteiger partial charge in [-0.05, 0) is 53.3 Å². The normalized spacial score (nSPS) is 18.2. The number of carbonyl (C=O) groups excluding carboxylic acids is 2. The Balaban J connectivity index is 0.00000243. The molecule has 5 heteroatoms. The number of amides is 2. The van der Waals surface area contributed by atoms with Gasteiger partial charge in [0.25, 0.3) is 0 Å². The smallest absolute Gasteiger partial charge is 0.219 e. The van der Waals surface area contributed by atoms with Crippen LogP contribution < -0.4 is 0 Å². The molecule has 0 fully saturated rings. The second kappa shape index (κ2) is 8.18. The number of benzene rings is 2. The number of fused-ring (bicyclic) bond motifs is 2. The van der Waals surface area contributed by atoms with Gasteiger partial charge >= 0.3 is 0 Å². The fourth-order valence-electron chi connectivity index (χ4n) is 3.72. The van der Waals surface area contributed by atoms with Crippen molar-refractivity contribution in [3.8, 4) is 0 Å². The van der Waals surface area contributed by atoms with Crippen LogP contribution >= 0.6 is 0 Å². The topological polar surface area (TPSA) is 51.5 Å². The number of nitrogens with zero attached hydrogens (tertiary/aromatic N) is 2. The maximum atomic E-state index is 12.1. The van der Waals surface area contributed by atoms with E-state index in [4.69, 9.17) is 0 Å². The second-order valence-corrected chi connectivity index (χ2v) is 7.00. The molecule has 2 amide bonds. The van der Waals surface area contributed by atoms with Gasteiger partial charge in [-0.15, -0.1) is 12.5 Å². The molecule has 4 nitrogen and oxygen atoms in total. The SMILES string of the molecule is [CH2-]C1(C(=O)[N-]C)Cc2cc3ccc(CN(CC)C(C)=O)cc3cc2C1.[Y]. The van der Waals surface area contributed by atoms with Gasteiger partial charge in [0.1, 0.15) is 0 Å². The molecule has 0 saturated carbocycles. The molecule has 2 aromatic rings. The summed E-state index contributed by atoms with van der Waals surface area (Å²) in [5, 5.41) is 6.12. The van der Waals surface area contributed by atoms with E-state index in [0.717, 1.165) is 16.3 Å². The van der Waals surface area contributed by atoms with E-state index in [1.54, 1.807) is 6.92 Å². The number of hydrogen-bond acceptors (Lipinski definition) is 2. The van der Waals surface area contributed by atoms with Gasteiger partial charge in [0, 0.05) is 58.6 Å². The fraction of sp³-hybridized carbons (Fsp3) is 0.381. The van der Waals surface area contributed by atoms with E-state index in [2.05, 4.69) is 42.6 Å². The Labute approximate surface area is 180 Å². The Bertz CT molecular complexity index is 849. The summed E-state index contributed by atoms with van der Waals surface area (Å²) in [6, 6.07) is 10.6. The molecule has 1 atom stereocenters. The molecule has 0 N–H and O–H groups in total. The molecule has 0 heterocycles. The van der Waals surface area contributed by atoms with Crippen molar-refractivity contribution in [2.24, 2.45) is 5.41 Å². The monoisotopic (exact) mass is 425 g/mol. The zero-order chi connectivity index (χ0) is 18.2. The first kappa shape index (κ1) is 21.0. The molecule has 2 aromatic carbocycles. The molecule has 0 saturated heterocycles. The third-order valence-electron chi connectivity index (χ3n) is 5.14. The van der Waals surface area contributed by atoms with Crippen molar-refractivity contribution in [1.29, 1.82) is 0 Å². The van der Waals surface area contributed by atoms with Crippen molar-refractivity contribution in [2.45, 2.75) is 33.2 Å². The summed E-state index contributed by atoms with van der Waals surface area (Å²) < 4.78 is 0. The van der Waals surface area contributed by atoms with Gasteiger partial charge in [0.15, 0.2) is 0 Å². The van der Waals surface area contributed by atoms with Gasteiger partial charge in [-0.1, -0.05) is 24.3 Å². The molecule has 3 rings (SSSR count). The van der Waals surface area contributed by atoms with Gasteiger partial charge in [-0.2, -0.15) is 0 Å². The number of carbonyl (C=O) groups is 2. The predicted molar refractivity (Wildman–Crippen MR) is 100 cm³/mol. The fourth-order valence-corrected chi connectivity index (χ4v) is 3.72.